The molecular formula is C26H25BrN2O7. The Labute approximate surface area is 217 Å². The van der Waals surface area contributed by atoms with Crippen molar-refractivity contribution >= 4 is 45.5 Å². The van der Waals surface area contributed by atoms with E-state index in [1.54, 1.807) is 38.1 Å². The second-order valence-corrected chi connectivity index (χ2v) is 8.06. The fraction of sp³-hybridized carbons (Fsp3) is 0.269. The maximum Gasteiger partial charge on any atom is 0.336 e. The lowest BCUT2D eigenvalue weighted by molar-refractivity contribution is -0.122. The predicted octanol–water partition coefficient (Wildman–Crippen LogP) is 4.32. The monoisotopic (exact) mass is 556 g/mol. The van der Waals surface area contributed by atoms with Gasteiger partial charge in [-0.15, -0.1) is 6.42 Å². The number of hydrogen-bond acceptors (Lipinski definition) is 7. The number of halogens is 1. The number of nitrogens with zero attached hydrogens (tertiary/aromatic N) is 1. The Balaban J connectivity index is 2.07. The molecule has 0 unspecified atom stereocenters. The summed E-state index contributed by atoms with van der Waals surface area (Å²) in [6.45, 7) is 6.45. The first-order chi connectivity index (χ1) is 17.3. The van der Waals surface area contributed by atoms with E-state index >= 15 is 0 Å². The molecule has 2 aromatic rings. The molecule has 10 heteroatoms. The standard InChI is InChI=1S/C26H25BrN2O7/c1-5-11-36-23-19(27)13-16(14-22(23)35-8-4)12-18-24(30)28-26(32)29(25(18)31)20-15-17(33-6-2)9-10-21(20)34-7-3/h1,9-10,12-15H,6-8,11H2,2-4H3,(H,28,30,32)/b18-12+. The van der Waals surface area contributed by atoms with Gasteiger partial charge in [0, 0.05) is 6.07 Å². The van der Waals surface area contributed by atoms with Gasteiger partial charge in [0.05, 0.1) is 30.0 Å². The zero-order valence-electron chi connectivity index (χ0n) is 20.1. The van der Waals surface area contributed by atoms with Crippen LogP contribution in [0.15, 0.2) is 40.4 Å². The van der Waals surface area contributed by atoms with Crippen molar-refractivity contribution < 1.29 is 33.3 Å². The molecule has 1 heterocycles. The minimum Gasteiger partial charge on any atom is -0.494 e. The van der Waals surface area contributed by atoms with Crippen molar-refractivity contribution in [2.24, 2.45) is 0 Å². The molecule has 188 valence electrons. The Morgan fingerprint density at radius 3 is 2.33 bits per heavy atom. The highest BCUT2D eigenvalue weighted by atomic mass is 79.9. The molecular weight excluding hydrogens is 532 g/mol. The predicted molar refractivity (Wildman–Crippen MR) is 137 cm³/mol. The molecule has 3 rings (SSSR count). The highest BCUT2D eigenvalue weighted by molar-refractivity contribution is 9.10. The third-order valence-corrected chi connectivity index (χ3v) is 5.42. The SMILES string of the molecule is C#CCOc1c(Br)cc(/C=C2\C(=O)NC(=O)N(c3cc(OCC)ccc3OCC)C2=O)cc1OCC. The molecule has 0 saturated carbocycles. The molecule has 36 heavy (non-hydrogen) atoms. The largest absolute Gasteiger partial charge is 0.494 e. The minimum atomic E-state index is -0.897. The Bertz CT molecular complexity index is 1250. The second kappa shape index (κ2) is 12.1. The second-order valence-electron chi connectivity index (χ2n) is 7.21. The summed E-state index contributed by atoms with van der Waals surface area (Å²) in [7, 11) is 0. The summed E-state index contributed by atoms with van der Waals surface area (Å²) in [5.41, 5.74) is 0.350. The molecule has 0 spiro atoms. The summed E-state index contributed by atoms with van der Waals surface area (Å²) >= 11 is 3.42. The van der Waals surface area contributed by atoms with Crippen LogP contribution in [0.4, 0.5) is 10.5 Å². The molecule has 0 aliphatic carbocycles. The Hall–Kier alpha value is -3.97. The normalized spacial score (nSPS) is 14.4. The first-order valence-electron chi connectivity index (χ1n) is 11.2. The number of amides is 4. The smallest absolute Gasteiger partial charge is 0.336 e. The van der Waals surface area contributed by atoms with Crippen LogP contribution in [0.3, 0.4) is 0 Å². The van der Waals surface area contributed by atoms with Crippen molar-refractivity contribution in [1.82, 2.24) is 5.32 Å². The molecule has 9 nitrogen and oxygen atoms in total. The molecule has 0 bridgehead atoms. The molecule has 1 fully saturated rings. The van der Waals surface area contributed by atoms with Gasteiger partial charge in [0.25, 0.3) is 11.8 Å². The summed E-state index contributed by atoms with van der Waals surface area (Å²) < 4.78 is 22.9. The summed E-state index contributed by atoms with van der Waals surface area (Å²) in [5, 5.41) is 2.22. The van der Waals surface area contributed by atoms with Crippen LogP contribution >= 0.6 is 15.9 Å². The number of benzene rings is 2. The van der Waals surface area contributed by atoms with E-state index in [0.29, 0.717) is 47.1 Å². The third kappa shape index (κ3) is 5.80. The number of barbiturate groups is 1. The number of hydrogen-bond donors (Lipinski definition) is 1. The number of rotatable bonds is 10. The number of nitrogens with one attached hydrogen (secondary N) is 1. The number of ether oxygens (including phenoxy) is 4. The van der Waals surface area contributed by atoms with Crippen LogP contribution in [0.2, 0.25) is 0 Å². The summed E-state index contributed by atoms with van der Waals surface area (Å²) in [6, 6.07) is 7.14. The third-order valence-electron chi connectivity index (χ3n) is 4.83. The van der Waals surface area contributed by atoms with Crippen LogP contribution in [0.5, 0.6) is 23.0 Å². The zero-order chi connectivity index (χ0) is 26.2. The van der Waals surface area contributed by atoms with E-state index in [1.807, 2.05) is 6.92 Å². The molecule has 1 N–H and O–H groups in total. The zero-order valence-corrected chi connectivity index (χ0v) is 21.6. The van der Waals surface area contributed by atoms with Crippen LogP contribution in [0.1, 0.15) is 26.3 Å². The maximum absolute atomic E-state index is 13.5. The van der Waals surface area contributed by atoms with Gasteiger partial charge in [0.15, 0.2) is 11.5 Å². The van der Waals surface area contributed by atoms with E-state index in [-0.39, 0.29) is 23.6 Å². The van der Waals surface area contributed by atoms with Crippen LogP contribution in [-0.4, -0.2) is 44.3 Å². The van der Waals surface area contributed by atoms with Gasteiger partial charge in [-0.2, -0.15) is 0 Å². The number of terminal acetylenes is 1. The average molecular weight is 557 g/mol. The lowest BCUT2D eigenvalue weighted by Gasteiger charge is -2.28. The van der Waals surface area contributed by atoms with Gasteiger partial charge in [0.1, 0.15) is 23.7 Å². The average Bonchev–Trinajstić information content (AvgIpc) is 2.83. The molecule has 4 amide bonds. The number of imide groups is 2. The minimum absolute atomic E-state index is 0.0278. The van der Waals surface area contributed by atoms with Crippen molar-refractivity contribution in [3.8, 4) is 35.3 Å². The fourth-order valence-corrected chi connectivity index (χ4v) is 4.01. The Morgan fingerprint density at radius 1 is 0.972 bits per heavy atom. The molecule has 1 saturated heterocycles. The Kier molecular flexibility index (Phi) is 8.97. The van der Waals surface area contributed by atoms with E-state index in [2.05, 4.69) is 27.2 Å². The highest BCUT2D eigenvalue weighted by Crippen LogP contribution is 2.38. The van der Waals surface area contributed by atoms with Crippen LogP contribution in [-0.2, 0) is 9.59 Å². The lowest BCUT2D eigenvalue weighted by atomic mass is 10.1. The van der Waals surface area contributed by atoms with Gasteiger partial charge in [0.2, 0.25) is 0 Å². The first kappa shape index (κ1) is 26.6. The molecule has 0 aromatic heterocycles. The molecule has 2 aromatic carbocycles. The van der Waals surface area contributed by atoms with E-state index in [0.717, 1.165) is 4.90 Å². The summed E-state index contributed by atoms with van der Waals surface area (Å²) in [4.78, 5) is 39.8. The van der Waals surface area contributed by atoms with Crippen molar-refractivity contribution in [3.05, 3.63) is 45.9 Å². The van der Waals surface area contributed by atoms with Gasteiger partial charge in [-0.3, -0.25) is 14.9 Å². The van der Waals surface area contributed by atoms with Crippen molar-refractivity contribution in [2.75, 3.05) is 31.3 Å². The fourth-order valence-electron chi connectivity index (χ4n) is 3.44. The highest BCUT2D eigenvalue weighted by Gasteiger charge is 2.38. The van der Waals surface area contributed by atoms with E-state index in [1.165, 1.54) is 12.1 Å². The van der Waals surface area contributed by atoms with E-state index < -0.39 is 17.8 Å². The van der Waals surface area contributed by atoms with Gasteiger partial charge >= 0.3 is 6.03 Å². The maximum atomic E-state index is 13.5. The van der Waals surface area contributed by atoms with E-state index in [4.69, 9.17) is 25.4 Å². The van der Waals surface area contributed by atoms with Crippen LogP contribution in [0, 0.1) is 12.3 Å². The van der Waals surface area contributed by atoms with Crippen molar-refractivity contribution in [3.63, 3.8) is 0 Å². The number of anilines is 1. The van der Waals surface area contributed by atoms with Crippen molar-refractivity contribution in [1.29, 1.82) is 0 Å². The quantitative estimate of drug-likeness (QED) is 0.264. The topological polar surface area (TPSA) is 103 Å². The van der Waals surface area contributed by atoms with Gasteiger partial charge in [-0.25, -0.2) is 9.69 Å². The van der Waals surface area contributed by atoms with Gasteiger partial charge in [-0.05, 0) is 72.6 Å². The summed E-state index contributed by atoms with van der Waals surface area (Å²) in [6.07, 6.45) is 6.65. The molecule has 1 aliphatic rings. The molecule has 0 atom stereocenters. The number of urea groups is 1. The summed E-state index contributed by atoms with van der Waals surface area (Å²) in [5.74, 6) is 2.22. The van der Waals surface area contributed by atoms with Gasteiger partial charge < -0.3 is 18.9 Å². The van der Waals surface area contributed by atoms with Gasteiger partial charge in [-0.1, -0.05) is 5.92 Å². The van der Waals surface area contributed by atoms with Crippen molar-refractivity contribution in [2.45, 2.75) is 20.8 Å². The molecule has 1 aliphatic heterocycles. The Morgan fingerprint density at radius 2 is 1.67 bits per heavy atom. The van der Waals surface area contributed by atoms with E-state index in [9.17, 15) is 14.4 Å². The number of carbonyl (C=O) groups excluding carboxylic acids is 3. The first-order valence-corrected chi connectivity index (χ1v) is 12.0. The van der Waals surface area contributed by atoms with Crippen LogP contribution in [0.25, 0.3) is 6.08 Å². The lowest BCUT2D eigenvalue weighted by Crippen LogP contribution is -2.54. The van der Waals surface area contributed by atoms with Crippen LogP contribution < -0.4 is 29.2 Å². The molecule has 0 radical (unpaired) electrons. The number of carbonyl (C=O) groups is 3.